The lowest BCUT2D eigenvalue weighted by atomic mass is 10.0. The predicted octanol–water partition coefficient (Wildman–Crippen LogP) is 3.06. The van der Waals surface area contributed by atoms with Gasteiger partial charge in [0.05, 0.1) is 7.11 Å². The molecule has 1 aromatic rings. The van der Waals surface area contributed by atoms with E-state index in [-0.39, 0.29) is 6.42 Å². The van der Waals surface area contributed by atoms with Crippen molar-refractivity contribution in [2.45, 2.75) is 59.2 Å². The molecule has 27 heavy (non-hydrogen) atoms. The van der Waals surface area contributed by atoms with Crippen molar-refractivity contribution in [3.05, 3.63) is 29.3 Å². The largest absolute Gasteiger partial charge is 0.496 e. The van der Waals surface area contributed by atoms with Crippen molar-refractivity contribution in [2.24, 2.45) is 0 Å². The second kappa shape index (κ2) is 10.2. The highest BCUT2D eigenvalue weighted by molar-refractivity contribution is 5.80. The third kappa shape index (κ3) is 7.86. The van der Waals surface area contributed by atoms with Crippen LogP contribution in [0.3, 0.4) is 0 Å². The number of ether oxygens (including phenoxy) is 2. The molecule has 1 unspecified atom stereocenters. The number of alkyl carbamates (subject to hydrolysis) is 1. The fraction of sp³-hybridized carbons (Fsp3) is 0.600. The Morgan fingerprint density at radius 1 is 1.22 bits per heavy atom. The van der Waals surface area contributed by atoms with Gasteiger partial charge in [0.25, 0.3) is 0 Å². The molecule has 0 radical (unpaired) electrons. The van der Waals surface area contributed by atoms with Crippen LogP contribution in [0.5, 0.6) is 5.75 Å². The summed E-state index contributed by atoms with van der Waals surface area (Å²) in [5, 5.41) is 11.9. The number of nitrogens with one attached hydrogen (secondary N) is 1. The van der Waals surface area contributed by atoms with Gasteiger partial charge in [-0.3, -0.25) is 4.90 Å². The van der Waals surface area contributed by atoms with E-state index in [0.717, 1.165) is 30.0 Å². The fourth-order valence-electron chi connectivity index (χ4n) is 2.66. The van der Waals surface area contributed by atoms with Gasteiger partial charge in [0.2, 0.25) is 0 Å². The standard InChI is InChI=1S/C20H32N2O5/c1-7-22(8-2)13-15-11-14(9-10-17(15)26-6)12-16(18(23)24)21-19(25)27-20(3,4)5/h9-11,16H,7-8,12-13H2,1-6H3,(H,21,25)(H,23,24). The number of carboxylic acids is 1. The number of amides is 1. The summed E-state index contributed by atoms with van der Waals surface area (Å²) in [7, 11) is 1.62. The third-order valence-corrected chi connectivity index (χ3v) is 4.06. The summed E-state index contributed by atoms with van der Waals surface area (Å²) < 4.78 is 10.6. The number of nitrogens with zero attached hydrogens (tertiary/aromatic N) is 1. The van der Waals surface area contributed by atoms with Crippen LogP contribution in [0.2, 0.25) is 0 Å². The molecule has 0 aromatic heterocycles. The van der Waals surface area contributed by atoms with Crippen molar-refractivity contribution >= 4 is 12.1 Å². The first-order valence-electron chi connectivity index (χ1n) is 9.20. The van der Waals surface area contributed by atoms with Crippen molar-refractivity contribution in [1.82, 2.24) is 10.2 Å². The average Bonchev–Trinajstić information content (AvgIpc) is 2.57. The van der Waals surface area contributed by atoms with Gasteiger partial charge >= 0.3 is 12.1 Å². The number of carbonyl (C=O) groups excluding carboxylic acids is 1. The number of methoxy groups -OCH3 is 1. The number of rotatable bonds is 9. The molecule has 0 aliphatic carbocycles. The molecule has 0 saturated carbocycles. The molecule has 0 heterocycles. The van der Waals surface area contributed by atoms with Crippen molar-refractivity contribution in [3.8, 4) is 5.75 Å². The van der Waals surface area contributed by atoms with Gasteiger partial charge in [-0.1, -0.05) is 26.0 Å². The molecule has 7 nitrogen and oxygen atoms in total. The number of hydrogen-bond acceptors (Lipinski definition) is 5. The van der Waals surface area contributed by atoms with Gasteiger partial charge in [-0.15, -0.1) is 0 Å². The van der Waals surface area contributed by atoms with Crippen LogP contribution in [0.1, 0.15) is 45.7 Å². The van der Waals surface area contributed by atoms with Gasteiger partial charge in [-0.25, -0.2) is 9.59 Å². The van der Waals surface area contributed by atoms with E-state index in [2.05, 4.69) is 24.1 Å². The molecule has 7 heteroatoms. The van der Waals surface area contributed by atoms with E-state index in [1.54, 1.807) is 27.9 Å². The molecule has 0 aliphatic rings. The minimum atomic E-state index is -1.11. The number of benzene rings is 1. The molecule has 1 atom stereocenters. The third-order valence-electron chi connectivity index (χ3n) is 4.06. The van der Waals surface area contributed by atoms with E-state index < -0.39 is 23.7 Å². The minimum Gasteiger partial charge on any atom is -0.496 e. The number of carbonyl (C=O) groups is 2. The van der Waals surface area contributed by atoms with Crippen molar-refractivity contribution in [1.29, 1.82) is 0 Å². The maximum absolute atomic E-state index is 11.9. The highest BCUT2D eigenvalue weighted by Gasteiger charge is 2.24. The van der Waals surface area contributed by atoms with E-state index in [0.29, 0.717) is 6.54 Å². The Balaban J connectivity index is 2.95. The van der Waals surface area contributed by atoms with Crippen molar-refractivity contribution < 1.29 is 24.2 Å². The lowest BCUT2D eigenvalue weighted by Crippen LogP contribution is -2.44. The van der Waals surface area contributed by atoms with E-state index in [1.165, 1.54) is 0 Å². The summed E-state index contributed by atoms with van der Waals surface area (Å²) in [6.07, 6.45) is -0.587. The van der Waals surface area contributed by atoms with Crippen molar-refractivity contribution in [3.63, 3.8) is 0 Å². The van der Waals surface area contributed by atoms with Gasteiger partial charge in [-0.05, 0) is 45.5 Å². The highest BCUT2D eigenvalue weighted by Crippen LogP contribution is 2.22. The second-order valence-electron chi connectivity index (χ2n) is 7.35. The van der Waals surface area contributed by atoms with Crippen LogP contribution < -0.4 is 10.1 Å². The van der Waals surface area contributed by atoms with E-state index >= 15 is 0 Å². The first-order valence-corrected chi connectivity index (χ1v) is 9.20. The maximum Gasteiger partial charge on any atom is 0.408 e. The van der Waals surface area contributed by atoms with Crippen LogP contribution in [0, 0.1) is 0 Å². The Bertz CT molecular complexity index is 636. The van der Waals surface area contributed by atoms with E-state index in [1.807, 2.05) is 18.2 Å². The molecule has 152 valence electrons. The topological polar surface area (TPSA) is 88.1 Å². The predicted molar refractivity (Wildman–Crippen MR) is 104 cm³/mol. The molecule has 2 N–H and O–H groups in total. The summed E-state index contributed by atoms with van der Waals surface area (Å²) in [5.74, 6) is -0.348. The molecule has 0 saturated heterocycles. The molecule has 1 aromatic carbocycles. The van der Waals surface area contributed by atoms with Crippen LogP contribution in [0.4, 0.5) is 4.79 Å². The van der Waals surface area contributed by atoms with Crippen LogP contribution in [-0.2, 0) is 22.5 Å². The van der Waals surface area contributed by atoms with E-state index in [4.69, 9.17) is 9.47 Å². The monoisotopic (exact) mass is 380 g/mol. The SMILES string of the molecule is CCN(CC)Cc1cc(CC(NC(=O)OC(C)(C)C)C(=O)O)ccc1OC. The van der Waals surface area contributed by atoms with Gasteiger partial charge in [-0.2, -0.15) is 0 Å². The summed E-state index contributed by atoms with van der Waals surface area (Å²) in [6, 6.07) is 4.51. The Kier molecular flexibility index (Phi) is 8.56. The zero-order valence-corrected chi connectivity index (χ0v) is 17.2. The zero-order chi connectivity index (χ0) is 20.6. The lowest BCUT2D eigenvalue weighted by Gasteiger charge is -2.23. The number of hydrogen-bond donors (Lipinski definition) is 2. The Hall–Kier alpha value is -2.28. The molecule has 0 fully saturated rings. The van der Waals surface area contributed by atoms with Crippen LogP contribution in [0.15, 0.2) is 18.2 Å². The summed E-state index contributed by atoms with van der Waals surface area (Å²) in [4.78, 5) is 25.8. The highest BCUT2D eigenvalue weighted by atomic mass is 16.6. The quantitative estimate of drug-likeness (QED) is 0.685. The van der Waals surface area contributed by atoms with Crippen LogP contribution in [-0.4, -0.2) is 53.9 Å². The first kappa shape index (κ1) is 22.8. The van der Waals surface area contributed by atoms with Gasteiger partial charge in [0, 0.05) is 18.5 Å². The molecule has 0 aliphatic heterocycles. The zero-order valence-electron chi connectivity index (χ0n) is 17.2. The van der Waals surface area contributed by atoms with E-state index in [9.17, 15) is 14.7 Å². The first-order chi connectivity index (χ1) is 12.6. The van der Waals surface area contributed by atoms with Crippen LogP contribution in [0.25, 0.3) is 0 Å². The maximum atomic E-state index is 11.9. The molecule has 1 amide bonds. The lowest BCUT2D eigenvalue weighted by molar-refractivity contribution is -0.139. The smallest absolute Gasteiger partial charge is 0.408 e. The molecule has 0 spiro atoms. The minimum absolute atomic E-state index is 0.157. The number of carboxylic acid groups (broad SMARTS) is 1. The summed E-state index contributed by atoms with van der Waals surface area (Å²) >= 11 is 0. The second-order valence-corrected chi connectivity index (χ2v) is 7.35. The Labute approximate surface area is 161 Å². The molecular formula is C20H32N2O5. The van der Waals surface area contributed by atoms with Crippen LogP contribution >= 0.6 is 0 Å². The molecular weight excluding hydrogens is 348 g/mol. The Morgan fingerprint density at radius 2 is 1.85 bits per heavy atom. The molecule has 0 bridgehead atoms. The molecule has 1 rings (SSSR count). The fourth-order valence-corrected chi connectivity index (χ4v) is 2.66. The average molecular weight is 380 g/mol. The summed E-state index contributed by atoms with van der Waals surface area (Å²) in [6.45, 7) is 11.9. The Morgan fingerprint density at radius 3 is 2.33 bits per heavy atom. The van der Waals surface area contributed by atoms with Gasteiger partial charge in [0.1, 0.15) is 17.4 Å². The van der Waals surface area contributed by atoms with Gasteiger partial charge in [0.15, 0.2) is 0 Å². The van der Waals surface area contributed by atoms with Gasteiger partial charge < -0.3 is 19.9 Å². The normalized spacial score (nSPS) is 12.6. The number of aliphatic carboxylic acids is 1. The summed E-state index contributed by atoms with van der Waals surface area (Å²) in [5.41, 5.74) is 1.10. The van der Waals surface area contributed by atoms with Crippen molar-refractivity contribution in [2.75, 3.05) is 20.2 Å².